The second-order valence-electron chi connectivity index (χ2n) is 7.71. The van der Waals surface area contributed by atoms with Crippen molar-refractivity contribution >= 4 is 5.91 Å². The van der Waals surface area contributed by atoms with Gasteiger partial charge in [0.15, 0.2) is 0 Å². The first-order valence-electron chi connectivity index (χ1n) is 8.70. The van der Waals surface area contributed by atoms with Crippen LogP contribution in [0.15, 0.2) is 37.1 Å². The van der Waals surface area contributed by atoms with Gasteiger partial charge in [-0.05, 0) is 36.3 Å². The van der Waals surface area contributed by atoms with Crippen LogP contribution < -0.4 is 5.32 Å². The van der Waals surface area contributed by atoms with Gasteiger partial charge in [-0.3, -0.25) is 9.36 Å². The molecule has 1 aliphatic rings. The molecule has 2 aromatic heterocycles. The Kier molecular flexibility index (Phi) is 4.69. The second-order valence-corrected chi connectivity index (χ2v) is 7.71. The topological polar surface area (TPSA) is 59.8 Å². The Labute approximate surface area is 143 Å². The molecule has 3 rings (SSSR count). The number of pyridine rings is 1. The van der Waals surface area contributed by atoms with Crippen LogP contribution in [0, 0.1) is 11.3 Å². The standard InChI is InChI=1S/C19H26N4O/c1-19(2,3)15-6-4-5-7-16(15)22-18(24)14-8-9-17(21-12-14)23-11-10-20-13-23/h8-13,15-16H,4-7H2,1-3H3,(H,22,24)/t15-,16-/m1/s1. The Hall–Kier alpha value is -2.17. The average molecular weight is 326 g/mol. The summed E-state index contributed by atoms with van der Waals surface area (Å²) < 4.78 is 1.82. The summed E-state index contributed by atoms with van der Waals surface area (Å²) in [6.45, 7) is 6.80. The quantitative estimate of drug-likeness (QED) is 0.937. The first-order valence-corrected chi connectivity index (χ1v) is 8.70. The molecule has 1 saturated carbocycles. The van der Waals surface area contributed by atoms with Crippen molar-refractivity contribution in [2.75, 3.05) is 0 Å². The monoisotopic (exact) mass is 326 g/mol. The van der Waals surface area contributed by atoms with Crippen LogP contribution in [0.3, 0.4) is 0 Å². The lowest BCUT2D eigenvalue weighted by molar-refractivity contribution is 0.0829. The number of nitrogens with zero attached hydrogens (tertiary/aromatic N) is 3. The molecule has 0 spiro atoms. The van der Waals surface area contributed by atoms with Crippen molar-refractivity contribution in [3.63, 3.8) is 0 Å². The minimum Gasteiger partial charge on any atom is -0.349 e. The number of amides is 1. The smallest absolute Gasteiger partial charge is 0.253 e. The van der Waals surface area contributed by atoms with Gasteiger partial charge in [0.2, 0.25) is 0 Å². The van der Waals surface area contributed by atoms with Crippen LogP contribution in [0.25, 0.3) is 5.82 Å². The molecule has 0 unspecified atom stereocenters. The van der Waals surface area contributed by atoms with Crippen molar-refractivity contribution < 1.29 is 4.79 Å². The summed E-state index contributed by atoms with van der Waals surface area (Å²) in [5, 5.41) is 3.25. The molecule has 0 aromatic carbocycles. The van der Waals surface area contributed by atoms with E-state index in [9.17, 15) is 4.79 Å². The highest BCUT2D eigenvalue weighted by atomic mass is 16.1. The molecule has 2 heterocycles. The van der Waals surface area contributed by atoms with Crippen LogP contribution in [0.5, 0.6) is 0 Å². The maximum absolute atomic E-state index is 12.6. The molecule has 1 fully saturated rings. The molecule has 1 N–H and O–H groups in total. The van der Waals surface area contributed by atoms with Crippen molar-refractivity contribution in [2.24, 2.45) is 11.3 Å². The fraction of sp³-hybridized carbons (Fsp3) is 0.526. The van der Waals surface area contributed by atoms with E-state index in [0.717, 1.165) is 12.2 Å². The third-order valence-corrected chi connectivity index (χ3v) is 4.97. The van der Waals surface area contributed by atoms with E-state index in [1.54, 1.807) is 18.7 Å². The van der Waals surface area contributed by atoms with Gasteiger partial charge in [-0.25, -0.2) is 9.97 Å². The van der Waals surface area contributed by atoms with Crippen molar-refractivity contribution in [1.82, 2.24) is 19.9 Å². The van der Waals surface area contributed by atoms with Crippen molar-refractivity contribution in [3.8, 4) is 5.82 Å². The highest BCUT2D eigenvalue weighted by Crippen LogP contribution is 2.38. The van der Waals surface area contributed by atoms with Gasteiger partial charge in [-0.15, -0.1) is 0 Å². The van der Waals surface area contributed by atoms with Gasteiger partial charge in [0.1, 0.15) is 12.1 Å². The SMILES string of the molecule is CC(C)(C)[C@@H]1CCCC[C@H]1NC(=O)c1ccc(-n2ccnc2)nc1. The summed E-state index contributed by atoms with van der Waals surface area (Å²) in [5.41, 5.74) is 0.819. The Morgan fingerprint density at radius 1 is 1.25 bits per heavy atom. The summed E-state index contributed by atoms with van der Waals surface area (Å²) in [6, 6.07) is 3.92. The fourth-order valence-electron chi connectivity index (χ4n) is 3.66. The van der Waals surface area contributed by atoms with Crippen LogP contribution in [-0.4, -0.2) is 26.5 Å². The number of carbonyl (C=O) groups is 1. The molecule has 0 bridgehead atoms. The van der Waals surface area contributed by atoms with Gasteiger partial charge >= 0.3 is 0 Å². The third-order valence-electron chi connectivity index (χ3n) is 4.97. The molecule has 24 heavy (non-hydrogen) atoms. The van der Waals surface area contributed by atoms with E-state index in [0.29, 0.717) is 11.5 Å². The van der Waals surface area contributed by atoms with Crippen molar-refractivity contribution in [2.45, 2.75) is 52.5 Å². The van der Waals surface area contributed by atoms with Gasteiger partial charge in [-0.2, -0.15) is 0 Å². The second kappa shape index (κ2) is 6.75. The number of aromatic nitrogens is 3. The zero-order valence-corrected chi connectivity index (χ0v) is 14.7. The Morgan fingerprint density at radius 2 is 2.04 bits per heavy atom. The maximum Gasteiger partial charge on any atom is 0.253 e. The summed E-state index contributed by atoms with van der Waals surface area (Å²) in [6.07, 6.45) is 11.6. The van der Waals surface area contributed by atoms with Crippen LogP contribution in [-0.2, 0) is 0 Å². The molecule has 0 radical (unpaired) electrons. The van der Waals surface area contributed by atoms with Crippen LogP contribution in [0.1, 0.15) is 56.8 Å². The fourth-order valence-corrected chi connectivity index (χ4v) is 3.66. The van der Waals surface area contributed by atoms with Crippen LogP contribution >= 0.6 is 0 Å². The van der Waals surface area contributed by atoms with Crippen molar-refractivity contribution in [1.29, 1.82) is 0 Å². The normalized spacial score (nSPS) is 21.5. The number of imidazole rings is 1. The molecular weight excluding hydrogens is 300 g/mol. The van der Waals surface area contributed by atoms with E-state index < -0.39 is 0 Å². The predicted octanol–water partition coefficient (Wildman–Crippen LogP) is 3.60. The molecule has 0 aliphatic heterocycles. The number of rotatable bonds is 3. The number of hydrogen-bond donors (Lipinski definition) is 1. The summed E-state index contributed by atoms with van der Waals surface area (Å²) in [5.74, 6) is 1.25. The lowest BCUT2D eigenvalue weighted by Crippen LogP contribution is -2.46. The molecule has 5 nitrogen and oxygen atoms in total. The average Bonchev–Trinajstić information content (AvgIpc) is 3.09. The number of carbonyl (C=O) groups excluding carboxylic acids is 1. The minimum absolute atomic E-state index is 0.0270. The first-order chi connectivity index (χ1) is 11.4. The molecule has 2 atom stereocenters. The van der Waals surface area contributed by atoms with Gasteiger partial charge in [-0.1, -0.05) is 33.6 Å². The zero-order chi connectivity index (χ0) is 17.2. The zero-order valence-electron chi connectivity index (χ0n) is 14.7. The molecule has 1 amide bonds. The van der Waals surface area contributed by atoms with E-state index in [1.165, 1.54) is 19.3 Å². The highest BCUT2D eigenvalue weighted by molar-refractivity contribution is 5.94. The third kappa shape index (κ3) is 3.66. The number of nitrogens with one attached hydrogen (secondary N) is 1. The molecular formula is C19H26N4O. The van der Waals surface area contributed by atoms with Gasteiger partial charge < -0.3 is 5.32 Å². The Bertz CT molecular complexity index is 670. The van der Waals surface area contributed by atoms with E-state index in [1.807, 2.05) is 22.9 Å². The molecule has 0 saturated heterocycles. The lowest BCUT2D eigenvalue weighted by atomic mass is 9.69. The highest BCUT2D eigenvalue weighted by Gasteiger charge is 2.35. The van der Waals surface area contributed by atoms with E-state index >= 15 is 0 Å². The summed E-state index contributed by atoms with van der Waals surface area (Å²) in [4.78, 5) is 21.0. The number of hydrogen-bond acceptors (Lipinski definition) is 3. The molecule has 5 heteroatoms. The molecule has 128 valence electrons. The van der Waals surface area contributed by atoms with Gasteiger partial charge in [0, 0.05) is 24.6 Å². The molecule has 1 aliphatic carbocycles. The Balaban J connectivity index is 1.70. The van der Waals surface area contributed by atoms with Crippen LogP contribution in [0.4, 0.5) is 0 Å². The van der Waals surface area contributed by atoms with E-state index in [-0.39, 0.29) is 17.4 Å². The largest absolute Gasteiger partial charge is 0.349 e. The van der Waals surface area contributed by atoms with Crippen molar-refractivity contribution in [3.05, 3.63) is 42.6 Å². The lowest BCUT2D eigenvalue weighted by Gasteiger charge is -2.40. The summed E-state index contributed by atoms with van der Waals surface area (Å²) >= 11 is 0. The van der Waals surface area contributed by atoms with E-state index in [2.05, 4.69) is 36.1 Å². The minimum atomic E-state index is -0.0270. The first kappa shape index (κ1) is 16.7. The van der Waals surface area contributed by atoms with Gasteiger partial charge in [0.05, 0.1) is 5.56 Å². The predicted molar refractivity (Wildman–Crippen MR) is 94.0 cm³/mol. The Morgan fingerprint density at radius 3 is 2.67 bits per heavy atom. The summed E-state index contributed by atoms with van der Waals surface area (Å²) in [7, 11) is 0. The van der Waals surface area contributed by atoms with Crippen LogP contribution in [0.2, 0.25) is 0 Å². The van der Waals surface area contributed by atoms with Gasteiger partial charge in [0.25, 0.3) is 5.91 Å². The molecule has 2 aromatic rings. The van der Waals surface area contributed by atoms with E-state index in [4.69, 9.17) is 0 Å². The maximum atomic E-state index is 12.6.